The predicted molar refractivity (Wildman–Crippen MR) is 106 cm³/mol. The number of aromatic nitrogens is 1. The average molecular weight is 343 g/mol. The zero-order valence-corrected chi connectivity index (χ0v) is 15.4. The van der Waals surface area contributed by atoms with Gasteiger partial charge in [-0.2, -0.15) is 0 Å². The summed E-state index contributed by atoms with van der Waals surface area (Å²) in [6.45, 7) is 6.48. The average Bonchev–Trinajstić information content (AvgIpc) is 2.80. The molecule has 0 fully saturated rings. The maximum Gasteiger partial charge on any atom is 0.229 e. The lowest BCUT2D eigenvalue weighted by Crippen LogP contribution is -2.61. The van der Waals surface area contributed by atoms with Crippen LogP contribution in [0.4, 0.5) is 11.5 Å². The van der Waals surface area contributed by atoms with E-state index in [1.54, 1.807) is 0 Å². The van der Waals surface area contributed by atoms with Crippen LogP contribution in [-0.4, -0.2) is 24.0 Å². The molecule has 0 saturated heterocycles. The zero-order valence-electron chi connectivity index (χ0n) is 15.4. The van der Waals surface area contributed by atoms with E-state index in [0.717, 1.165) is 28.2 Å². The van der Waals surface area contributed by atoms with Crippen molar-refractivity contribution in [2.24, 2.45) is 4.99 Å². The van der Waals surface area contributed by atoms with Gasteiger partial charge in [0.15, 0.2) is 0 Å². The third-order valence-electron chi connectivity index (χ3n) is 5.89. The van der Waals surface area contributed by atoms with Crippen LogP contribution in [0.2, 0.25) is 0 Å². The molecule has 0 N–H and O–H groups in total. The molecule has 130 valence electrons. The maximum atomic E-state index is 6.68. The summed E-state index contributed by atoms with van der Waals surface area (Å²) in [5.74, 6) is 1.77. The highest BCUT2D eigenvalue weighted by molar-refractivity contribution is 5.99. The lowest BCUT2D eigenvalue weighted by Gasteiger charge is -2.44. The monoisotopic (exact) mass is 343 g/mol. The number of anilines is 1. The standard InChI is InChI=1S/C22H21N3O/c1-14-11-17-20(23-12-14)25(4)22(21(17,2)3)13-24-19-16-8-6-5-7-15(16)9-10-18(19)26-22/h5-13H,1-4H3. The number of hydrogen-bond acceptors (Lipinski definition) is 4. The summed E-state index contributed by atoms with van der Waals surface area (Å²) in [4.78, 5) is 11.7. The number of aryl methyl sites for hydroxylation is 1. The number of hydrogen-bond donors (Lipinski definition) is 0. The van der Waals surface area contributed by atoms with E-state index in [2.05, 4.69) is 54.9 Å². The van der Waals surface area contributed by atoms with Crippen LogP contribution < -0.4 is 9.64 Å². The molecule has 1 spiro atoms. The SMILES string of the molecule is Cc1cnc2c(c1)C(C)(C)C1(C=Nc3c(ccc4ccccc34)O1)N2C. The summed E-state index contributed by atoms with van der Waals surface area (Å²) >= 11 is 0. The van der Waals surface area contributed by atoms with Crippen molar-refractivity contribution in [3.8, 4) is 5.75 Å². The highest BCUT2D eigenvalue weighted by atomic mass is 16.5. The number of aliphatic imine (C=N–C) groups is 1. The van der Waals surface area contributed by atoms with Gasteiger partial charge in [-0.15, -0.1) is 0 Å². The number of ether oxygens (including phenoxy) is 1. The topological polar surface area (TPSA) is 37.7 Å². The minimum atomic E-state index is -0.689. The van der Waals surface area contributed by atoms with Gasteiger partial charge in [0, 0.05) is 24.2 Å². The Morgan fingerprint density at radius 2 is 1.88 bits per heavy atom. The second-order valence-electron chi connectivity index (χ2n) is 7.76. The van der Waals surface area contributed by atoms with Crippen LogP contribution >= 0.6 is 0 Å². The van der Waals surface area contributed by atoms with Crippen LogP contribution in [0.25, 0.3) is 10.8 Å². The molecule has 26 heavy (non-hydrogen) atoms. The first kappa shape index (κ1) is 15.4. The minimum absolute atomic E-state index is 0.289. The van der Waals surface area contributed by atoms with Crippen molar-refractivity contribution in [2.75, 3.05) is 11.9 Å². The van der Waals surface area contributed by atoms with Crippen LogP contribution in [-0.2, 0) is 5.41 Å². The molecule has 2 aliphatic heterocycles. The van der Waals surface area contributed by atoms with E-state index in [0.29, 0.717) is 0 Å². The lowest BCUT2D eigenvalue weighted by atomic mass is 9.77. The first-order valence-corrected chi connectivity index (χ1v) is 8.91. The quantitative estimate of drug-likeness (QED) is 0.590. The first-order chi connectivity index (χ1) is 12.4. The highest BCUT2D eigenvalue weighted by Gasteiger charge is 2.59. The van der Waals surface area contributed by atoms with E-state index >= 15 is 0 Å². The summed E-state index contributed by atoms with van der Waals surface area (Å²) in [5.41, 5.74) is 2.27. The third-order valence-corrected chi connectivity index (χ3v) is 5.89. The summed E-state index contributed by atoms with van der Waals surface area (Å²) < 4.78 is 6.68. The minimum Gasteiger partial charge on any atom is -0.459 e. The fourth-order valence-electron chi connectivity index (χ4n) is 4.30. The molecule has 3 aromatic rings. The molecule has 4 nitrogen and oxygen atoms in total. The van der Waals surface area contributed by atoms with Crippen LogP contribution in [0.3, 0.4) is 0 Å². The first-order valence-electron chi connectivity index (χ1n) is 8.91. The van der Waals surface area contributed by atoms with Crippen LogP contribution in [0.5, 0.6) is 5.75 Å². The lowest BCUT2D eigenvalue weighted by molar-refractivity contribution is 0.0824. The molecular weight excluding hydrogens is 322 g/mol. The fraction of sp³-hybridized carbons (Fsp3) is 0.273. The molecule has 1 unspecified atom stereocenters. The molecule has 1 atom stereocenters. The highest BCUT2D eigenvalue weighted by Crippen LogP contribution is 2.53. The van der Waals surface area contributed by atoms with Crippen molar-refractivity contribution in [3.63, 3.8) is 0 Å². The molecule has 3 heterocycles. The smallest absolute Gasteiger partial charge is 0.229 e. The molecule has 0 radical (unpaired) electrons. The molecular formula is C22H21N3O. The third kappa shape index (κ3) is 1.74. The van der Waals surface area contributed by atoms with Crippen LogP contribution in [0.1, 0.15) is 25.0 Å². The van der Waals surface area contributed by atoms with Gasteiger partial charge in [-0.3, -0.25) is 4.99 Å². The Morgan fingerprint density at radius 3 is 2.73 bits per heavy atom. The van der Waals surface area contributed by atoms with Crippen LogP contribution in [0, 0.1) is 6.92 Å². The summed E-state index contributed by atoms with van der Waals surface area (Å²) in [5, 5.41) is 2.28. The molecule has 4 heteroatoms. The Labute approximate surface area is 153 Å². The number of pyridine rings is 1. The fourth-order valence-corrected chi connectivity index (χ4v) is 4.30. The summed E-state index contributed by atoms with van der Waals surface area (Å²) in [6.07, 6.45) is 3.87. The zero-order chi connectivity index (χ0) is 18.1. The van der Waals surface area contributed by atoms with Gasteiger partial charge < -0.3 is 9.64 Å². The van der Waals surface area contributed by atoms with Gasteiger partial charge in [0.1, 0.15) is 17.3 Å². The Balaban J connectivity index is 1.71. The maximum absolute atomic E-state index is 6.68. The van der Waals surface area contributed by atoms with Gasteiger partial charge in [0.2, 0.25) is 5.72 Å². The van der Waals surface area contributed by atoms with Gasteiger partial charge in [0.05, 0.1) is 11.6 Å². The van der Waals surface area contributed by atoms with Crippen molar-refractivity contribution in [1.82, 2.24) is 4.98 Å². The number of likely N-dealkylation sites (N-methyl/N-ethyl adjacent to an activating group) is 1. The van der Waals surface area contributed by atoms with Gasteiger partial charge in [-0.1, -0.05) is 36.4 Å². The van der Waals surface area contributed by atoms with E-state index in [1.165, 1.54) is 10.9 Å². The molecule has 0 amide bonds. The van der Waals surface area contributed by atoms with Gasteiger partial charge >= 0.3 is 0 Å². The molecule has 2 aliphatic rings. The normalized spacial score (nSPS) is 22.4. The van der Waals surface area contributed by atoms with Gasteiger partial charge in [-0.25, -0.2) is 4.98 Å². The molecule has 0 saturated carbocycles. The van der Waals surface area contributed by atoms with Gasteiger partial charge in [0.25, 0.3) is 0 Å². The summed E-state index contributed by atoms with van der Waals surface area (Å²) in [6, 6.07) is 14.6. The van der Waals surface area contributed by atoms with E-state index < -0.39 is 5.72 Å². The number of fused-ring (bicyclic) bond motifs is 4. The Morgan fingerprint density at radius 1 is 1.08 bits per heavy atom. The summed E-state index contributed by atoms with van der Waals surface area (Å²) in [7, 11) is 2.04. The Kier molecular flexibility index (Phi) is 2.87. The largest absolute Gasteiger partial charge is 0.459 e. The van der Waals surface area contributed by atoms with Crippen LogP contribution in [0.15, 0.2) is 53.7 Å². The second-order valence-corrected chi connectivity index (χ2v) is 7.76. The predicted octanol–water partition coefficient (Wildman–Crippen LogP) is 4.76. The number of rotatable bonds is 0. The molecule has 0 aliphatic carbocycles. The molecule has 1 aromatic heterocycles. The Hall–Kier alpha value is -2.88. The Bertz CT molecular complexity index is 1090. The van der Waals surface area contributed by atoms with Gasteiger partial charge in [-0.05, 0) is 37.8 Å². The van der Waals surface area contributed by atoms with Crippen molar-refractivity contribution in [3.05, 3.63) is 59.8 Å². The molecule has 2 aromatic carbocycles. The van der Waals surface area contributed by atoms with Crippen molar-refractivity contribution in [1.29, 1.82) is 0 Å². The van der Waals surface area contributed by atoms with E-state index in [9.17, 15) is 0 Å². The van der Waals surface area contributed by atoms with E-state index in [1.807, 2.05) is 37.7 Å². The van der Waals surface area contributed by atoms with Crippen molar-refractivity contribution < 1.29 is 4.74 Å². The van der Waals surface area contributed by atoms with Crippen molar-refractivity contribution >= 4 is 28.5 Å². The second kappa shape index (κ2) is 4.85. The number of nitrogens with zero attached hydrogens (tertiary/aromatic N) is 3. The molecule has 0 bridgehead atoms. The van der Waals surface area contributed by atoms with E-state index in [4.69, 9.17) is 9.73 Å². The number of benzene rings is 2. The van der Waals surface area contributed by atoms with Crippen molar-refractivity contribution in [2.45, 2.75) is 31.9 Å². The van der Waals surface area contributed by atoms with E-state index in [-0.39, 0.29) is 5.41 Å². The molecule has 5 rings (SSSR count).